The summed E-state index contributed by atoms with van der Waals surface area (Å²) in [5, 5.41) is 6.55. The molecule has 0 spiro atoms. The molecule has 1 aliphatic rings. The minimum absolute atomic E-state index is 0. The molecule has 158 valence electrons. The van der Waals surface area contributed by atoms with Gasteiger partial charge in [0.2, 0.25) is 0 Å². The Bertz CT molecular complexity index is 775. The molecule has 0 atom stereocenters. The number of anilines is 1. The van der Waals surface area contributed by atoms with Crippen molar-refractivity contribution < 1.29 is 4.39 Å². The summed E-state index contributed by atoms with van der Waals surface area (Å²) in [5.74, 6) is 1.56. The van der Waals surface area contributed by atoms with E-state index in [0.29, 0.717) is 13.1 Å². The number of rotatable bonds is 6. The van der Waals surface area contributed by atoms with Gasteiger partial charge < -0.3 is 20.4 Å². The van der Waals surface area contributed by atoms with Crippen molar-refractivity contribution in [1.82, 2.24) is 20.5 Å². The molecule has 0 aliphatic carbocycles. The summed E-state index contributed by atoms with van der Waals surface area (Å²) in [7, 11) is 3.89. The van der Waals surface area contributed by atoms with Crippen LogP contribution < -0.4 is 15.5 Å². The van der Waals surface area contributed by atoms with E-state index in [1.54, 1.807) is 19.2 Å². The van der Waals surface area contributed by atoms with Crippen molar-refractivity contribution in [2.75, 3.05) is 51.7 Å². The van der Waals surface area contributed by atoms with Crippen molar-refractivity contribution >= 4 is 35.8 Å². The van der Waals surface area contributed by atoms with E-state index in [1.807, 2.05) is 12.3 Å². The van der Waals surface area contributed by atoms with E-state index < -0.39 is 0 Å². The number of nitrogens with one attached hydrogen (secondary N) is 2. The maximum absolute atomic E-state index is 13.2. The largest absolute Gasteiger partial charge is 0.356 e. The second-order valence-electron chi connectivity index (χ2n) is 7.05. The predicted molar refractivity (Wildman–Crippen MR) is 128 cm³/mol. The van der Waals surface area contributed by atoms with Gasteiger partial charge in [-0.3, -0.25) is 4.99 Å². The average Bonchev–Trinajstić information content (AvgIpc) is 2.72. The Hall–Kier alpha value is -1.94. The van der Waals surface area contributed by atoms with Gasteiger partial charge in [-0.2, -0.15) is 0 Å². The maximum atomic E-state index is 13.2. The molecular formula is C21H30FIN6. The van der Waals surface area contributed by atoms with Crippen molar-refractivity contribution in [3.05, 3.63) is 59.5 Å². The number of aliphatic imine (C=N–C) groups is 1. The molecule has 2 heterocycles. The monoisotopic (exact) mass is 512 g/mol. The average molecular weight is 512 g/mol. The Labute approximate surface area is 189 Å². The van der Waals surface area contributed by atoms with Gasteiger partial charge in [0.05, 0.1) is 0 Å². The van der Waals surface area contributed by atoms with Crippen LogP contribution in [0.3, 0.4) is 0 Å². The minimum Gasteiger partial charge on any atom is -0.356 e. The summed E-state index contributed by atoms with van der Waals surface area (Å²) < 4.78 is 13.2. The van der Waals surface area contributed by atoms with Gasteiger partial charge in [-0.05, 0) is 42.8 Å². The molecule has 2 aromatic rings. The Morgan fingerprint density at radius 3 is 2.55 bits per heavy atom. The second kappa shape index (κ2) is 11.9. The van der Waals surface area contributed by atoms with Crippen LogP contribution in [0.2, 0.25) is 0 Å². The summed E-state index contributed by atoms with van der Waals surface area (Å²) in [6.07, 6.45) is 2.65. The smallest absolute Gasteiger partial charge is 0.191 e. The quantitative estimate of drug-likeness (QED) is 0.354. The summed E-state index contributed by atoms with van der Waals surface area (Å²) >= 11 is 0. The topological polar surface area (TPSA) is 55.8 Å². The molecule has 0 saturated carbocycles. The zero-order valence-corrected chi connectivity index (χ0v) is 19.4. The Morgan fingerprint density at radius 2 is 1.90 bits per heavy atom. The van der Waals surface area contributed by atoms with Crippen molar-refractivity contribution in [3.8, 4) is 0 Å². The Kier molecular flexibility index (Phi) is 9.59. The number of benzene rings is 1. The summed E-state index contributed by atoms with van der Waals surface area (Å²) in [6.45, 7) is 5.51. The van der Waals surface area contributed by atoms with Gasteiger partial charge in [-0.15, -0.1) is 24.0 Å². The molecule has 2 N–H and O–H groups in total. The van der Waals surface area contributed by atoms with Crippen LogP contribution in [-0.2, 0) is 13.0 Å². The van der Waals surface area contributed by atoms with Crippen LogP contribution in [0.5, 0.6) is 0 Å². The molecule has 0 amide bonds. The first-order valence-corrected chi connectivity index (χ1v) is 9.71. The van der Waals surface area contributed by atoms with Gasteiger partial charge in [-0.25, -0.2) is 9.37 Å². The summed E-state index contributed by atoms with van der Waals surface area (Å²) in [4.78, 5) is 13.5. The van der Waals surface area contributed by atoms with E-state index >= 15 is 0 Å². The van der Waals surface area contributed by atoms with Crippen LogP contribution in [0.15, 0.2) is 47.6 Å². The standard InChI is InChI=1S/C21H29FN6.HI/c1-23-21(24-9-8-17-4-3-5-19(22)14-17)26-16-18-6-7-20(25-15-18)28-12-10-27(2)11-13-28;/h3-7,14-15H,8-13,16H2,1-2H3,(H2,23,24,26);1H. The molecule has 29 heavy (non-hydrogen) atoms. The first-order chi connectivity index (χ1) is 13.6. The number of hydrogen-bond acceptors (Lipinski definition) is 4. The second-order valence-corrected chi connectivity index (χ2v) is 7.05. The fourth-order valence-corrected chi connectivity index (χ4v) is 3.17. The van der Waals surface area contributed by atoms with Gasteiger partial charge >= 0.3 is 0 Å². The van der Waals surface area contributed by atoms with E-state index in [2.05, 4.69) is 49.6 Å². The minimum atomic E-state index is -0.201. The fourth-order valence-electron chi connectivity index (χ4n) is 3.17. The summed E-state index contributed by atoms with van der Waals surface area (Å²) in [5.41, 5.74) is 2.07. The number of aromatic nitrogens is 1. The van der Waals surface area contributed by atoms with Crippen LogP contribution in [0.1, 0.15) is 11.1 Å². The van der Waals surface area contributed by atoms with Gasteiger partial charge in [0.1, 0.15) is 11.6 Å². The highest BCUT2D eigenvalue weighted by Crippen LogP contribution is 2.13. The van der Waals surface area contributed by atoms with E-state index in [-0.39, 0.29) is 29.8 Å². The fraction of sp³-hybridized carbons (Fsp3) is 0.429. The molecule has 0 unspecified atom stereocenters. The van der Waals surface area contributed by atoms with Gasteiger partial charge in [-0.1, -0.05) is 18.2 Å². The number of pyridine rings is 1. The Balaban J connectivity index is 0.00000300. The highest BCUT2D eigenvalue weighted by atomic mass is 127. The lowest BCUT2D eigenvalue weighted by atomic mass is 10.1. The lowest BCUT2D eigenvalue weighted by Gasteiger charge is -2.33. The highest BCUT2D eigenvalue weighted by molar-refractivity contribution is 14.0. The molecule has 1 saturated heterocycles. The molecule has 1 aromatic heterocycles. The van der Waals surface area contributed by atoms with Crippen LogP contribution >= 0.6 is 24.0 Å². The zero-order chi connectivity index (χ0) is 19.8. The third-order valence-corrected chi connectivity index (χ3v) is 4.92. The van der Waals surface area contributed by atoms with Crippen molar-refractivity contribution in [2.24, 2.45) is 4.99 Å². The highest BCUT2D eigenvalue weighted by Gasteiger charge is 2.14. The predicted octanol–water partition coefficient (Wildman–Crippen LogP) is 2.50. The van der Waals surface area contributed by atoms with Crippen molar-refractivity contribution in [3.63, 3.8) is 0 Å². The molecular weight excluding hydrogens is 482 g/mol. The van der Waals surface area contributed by atoms with Crippen molar-refractivity contribution in [1.29, 1.82) is 0 Å². The maximum Gasteiger partial charge on any atom is 0.191 e. The lowest BCUT2D eigenvalue weighted by Crippen LogP contribution is -2.44. The zero-order valence-electron chi connectivity index (χ0n) is 17.1. The molecule has 8 heteroatoms. The number of guanidine groups is 1. The number of hydrogen-bond donors (Lipinski definition) is 2. The Morgan fingerprint density at radius 1 is 1.10 bits per heavy atom. The van der Waals surface area contributed by atoms with E-state index in [4.69, 9.17) is 0 Å². The first-order valence-electron chi connectivity index (χ1n) is 9.71. The molecule has 6 nitrogen and oxygen atoms in total. The van der Waals surface area contributed by atoms with Gasteiger partial charge in [0, 0.05) is 52.5 Å². The van der Waals surface area contributed by atoms with Crippen LogP contribution in [0, 0.1) is 5.82 Å². The number of likely N-dealkylation sites (N-methyl/N-ethyl adjacent to an activating group) is 1. The van der Waals surface area contributed by atoms with Crippen LogP contribution in [0.25, 0.3) is 0 Å². The molecule has 1 aromatic carbocycles. The third kappa shape index (κ3) is 7.43. The molecule has 1 aliphatic heterocycles. The van der Waals surface area contributed by atoms with Gasteiger partial charge in [0.15, 0.2) is 5.96 Å². The first kappa shape index (κ1) is 23.3. The van der Waals surface area contributed by atoms with Crippen LogP contribution in [-0.4, -0.2) is 62.7 Å². The van der Waals surface area contributed by atoms with E-state index in [1.165, 1.54) is 6.07 Å². The third-order valence-electron chi connectivity index (χ3n) is 4.92. The van der Waals surface area contributed by atoms with Gasteiger partial charge in [0.25, 0.3) is 0 Å². The normalized spacial score (nSPS) is 15.0. The molecule has 1 fully saturated rings. The van der Waals surface area contributed by atoms with E-state index in [9.17, 15) is 4.39 Å². The van der Waals surface area contributed by atoms with Crippen LogP contribution in [0.4, 0.5) is 10.2 Å². The SMILES string of the molecule is CN=C(NCCc1cccc(F)c1)NCc1ccc(N2CCN(C)CC2)nc1.I. The number of piperazine rings is 1. The summed E-state index contributed by atoms with van der Waals surface area (Å²) in [6, 6.07) is 10.9. The lowest BCUT2D eigenvalue weighted by molar-refractivity contribution is 0.312. The molecule has 3 rings (SSSR count). The van der Waals surface area contributed by atoms with Crippen molar-refractivity contribution in [2.45, 2.75) is 13.0 Å². The number of nitrogens with zero attached hydrogens (tertiary/aromatic N) is 4. The molecule has 0 radical (unpaired) electrons. The van der Waals surface area contributed by atoms with E-state index in [0.717, 1.165) is 55.5 Å². The molecule has 0 bridgehead atoms. The number of halogens is 2.